The third kappa shape index (κ3) is 15.3. The minimum Gasteiger partial charge on any atom is -0.390 e. The van der Waals surface area contributed by atoms with Gasteiger partial charge in [0.15, 0.2) is 59.9 Å². The van der Waals surface area contributed by atoms with Crippen molar-refractivity contribution in [1.82, 2.24) is 39.0 Å². The first-order valence-electron chi connectivity index (χ1n) is 25.2. The molecular weight excluding hydrogens is 1250 g/mol. The van der Waals surface area contributed by atoms with E-state index in [2.05, 4.69) is 38.5 Å². The summed E-state index contributed by atoms with van der Waals surface area (Å²) in [5.74, 6) is -1.47. The van der Waals surface area contributed by atoms with Gasteiger partial charge in [0.1, 0.15) is 77.6 Å². The van der Waals surface area contributed by atoms with Crippen LogP contribution in [0.1, 0.15) is 58.5 Å². The van der Waals surface area contributed by atoms with Gasteiger partial charge >= 0.3 is 31.3 Å². The van der Waals surface area contributed by atoms with Crippen molar-refractivity contribution in [1.29, 1.82) is 0 Å². The summed E-state index contributed by atoms with van der Waals surface area (Å²) in [6, 6.07) is 5.71. The van der Waals surface area contributed by atoms with E-state index in [0.717, 1.165) is 0 Å². The van der Waals surface area contributed by atoms with E-state index in [1.54, 1.807) is 0 Å². The van der Waals surface area contributed by atoms with Crippen LogP contribution >= 0.6 is 31.3 Å². The normalized spacial score (nSPS) is 30.1. The number of rotatable bonds is 22. The fourth-order valence-electron chi connectivity index (χ4n) is 9.16. The molecule has 0 aromatic carbocycles. The molecule has 6 aromatic heterocycles. The number of hydrogen-bond acceptors (Lipinski definition) is 31. The lowest BCUT2D eigenvalue weighted by atomic mass is 10.1. The average molecular weight is 1310 g/mol. The summed E-state index contributed by atoms with van der Waals surface area (Å²) in [7, 11) is -21.2. The number of amides is 2. The third-order valence-corrected chi connectivity index (χ3v) is 18.6. The third-order valence-electron chi connectivity index (χ3n) is 13.4. The number of aromatic nitrogens is 10. The first-order valence-corrected chi connectivity index (χ1v) is 31.2. The molecule has 10 rings (SSSR count). The van der Waals surface area contributed by atoms with Gasteiger partial charge in [-0.05, 0) is 12.1 Å². The summed E-state index contributed by atoms with van der Waals surface area (Å²) >= 11 is 0. The van der Waals surface area contributed by atoms with E-state index in [1.807, 2.05) is 0 Å². The average Bonchev–Trinajstić information content (AvgIpc) is 2.00. The van der Waals surface area contributed by atoms with Gasteiger partial charge in [-0.3, -0.25) is 36.8 Å². The maximum atomic E-state index is 12.4. The molecule has 18 unspecified atom stereocenters. The number of nitrogens with zero attached hydrogens (tertiary/aromatic N) is 10. The van der Waals surface area contributed by atoms with Gasteiger partial charge in [-0.1, -0.05) is 0 Å². The highest BCUT2D eigenvalue weighted by Crippen LogP contribution is 2.62. The molecule has 10 heterocycles. The molecule has 4 saturated heterocycles. The number of nitrogens with two attached hydrogens (primary N) is 5. The van der Waals surface area contributed by atoms with Crippen molar-refractivity contribution in [3.05, 3.63) is 79.2 Å². The van der Waals surface area contributed by atoms with Gasteiger partial charge in [-0.2, -0.15) is 27.7 Å². The molecule has 4 aliphatic heterocycles. The van der Waals surface area contributed by atoms with Gasteiger partial charge in [0.25, 0.3) is 24.3 Å². The van der Waals surface area contributed by atoms with Crippen molar-refractivity contribution < 1.29 is 133 Å². The topological polar surface area (TPSA) is 622 Å². The molecular formula is C42H57N15O26P4+2. The highest BCUT2D eigenvalue weighted by atomic mass is 31.3. The van der Waals surface area contributed by atoms with Crippen LogP contribution in [-0.4, -0.2) is 189 Å². The number of ether oxygens (including phenoxy) is 4. The second kappa shape index (κ2) is 26.1. The van der Waals surface area contributed by atoms with Gasteiger partial charge < -0.3 is 97.8 Å². The lowest BCUT2D eigenvalue weighted by Crippen LogP contribution is -2.46. The second-order valence-electron chi connectivity index (χ2n) is 19.4. The largest absolute Gasteiger partial charge is 0.481 e. The standard InChI is InChI=1S/C21H28N8O13P2.C21H27N7O13P2/c22-17-14-19(27-21(24)26-17)29(8-25-14)13-4-10(30)11(40-13)6-38-43(34,35)42-44(36,37)39-7-12-15(31)16(32)20(41-12)28-3-1-2-9(5-28)18(23)33;22-18-15-20(25-8-24-18)28(9-26-15)14-4-11(29)12(39-14)6-37-42(33,34)41-43(35,36)38-7-13-16(30)17(31)21(40-13)27-3-1-2-10(5-27)19(23)32/h1-3,5,8,10-13,15-16,20,30-32H,4,6-7H2,(H7-,22,23,24,26,27,33,34,35,36,37);1-3,5,8-9,11-14,16-17,21,29-31H,4,6-7H2,(H5-,22,23,24,25,32,33,34,35,36)/p+2. The number of aliphatic hydroxyl groups excluding tert-OH is 6. The Kier molecular flexibility index (Phi) is 19.6. The molecule has 18 atom stereocenters. The highest BCUT2D eigenvalue weighted by molar-refractivity contribution is 7.61. The van der Waals surface area contributed by atoms with E-state index < -0.39 is 155 Å². The number of pyridine rings is 2. The Morgan fingerprint density at radius 2 is 0.954 bits per heavy atom. The highest BCUT2D eigenvalue weighted by Gasteiger charge is 2.52. The Bertz CT molecular complexity index is 3710. The Labute approximate surface area is 486 Å². The summed E-state index contributed by atoms with van der Waals surface area (Å²) in [6.07, 6.45) is -8.79. The first kappa shape index (κ1) is 65.3. The number of imidazole rings is 2. The molecule has 4 fully saturated rings. The SMILES string of the molecule is NC(=O)c1ccc[n+](C2OC(COP(=O)(O)OP(=O)(O)OCC3OC(n4cnc5c(N)nc(N)nc54)CC3O)C(O)C2O)c1.NC(=O)c1ccc[n+](C2OC(COP(=O)(O)OP(=O)(O)OCC3OC(n4cnc5c(N)ncnc54)CC3O)C(O)C2O)c1. The van der Waals surface area contributed by atoms with Crippen LogP contribution in [0.3, 0.4) is 0 Å². The second-order valence-corrected chi connectivity index (χ2v) is 25.4. The summed E-state index contributed by atoms with van der Waals surface area (Å²) in [6.45, 7) is -3.22. The Morgan fingerprint density at radius 3 is 1.38 bits per heavy atom. The molecule has 6 aromatic rings. The van der Waals surface area contributed by atoms with Crippen LogP contribution in [-0.2, 0) is 63.9 Å². The number of hydrogen-bond donors (Lipinski definition) is 15. The van der Waals surface area contributed by atoms with Crippen LogP contribution in [0.15, 0.2) is 68.0 Å². The first-order chi connectivity index (χ1) is 40.9. The van der Waals surface area contributed by atoms with E-state index in [4.69, 9.17) is 65.7 Å². The minimum absolute atomic E-state index is 0.0171. The summed E-state index contributed by atoms with van der Waals surface area (Å²) < 4.78 is 105. The lowest BCUT2D eigenvalue weighted by molar-refractivity contribution is -0.766. The number of fused-ring (bicyclic) bond motifs is 2. The zero-order valence-electron chi connectivity index (χ0n) is 44.3. The van der Waals surface area contributed by atoms with E-state index in [0.29, 0.717) is 11.2 Å². The molecule has 4 aliphatic rings. The van der Waals surface area contributed by atoms with Crippen molar-refractivity contribution >= 4 is 83.0 Å². The molecule has 45 heteroatoms. The van der Waals surface area contributed by atoms with E-state index >= 15 is 0 Å². The predicted molar refractivity (Wildman–Crippen MR) is 280 cm³/mol. The van der Waals surface area contributed by atoms with Gasteiger partial charge in [-0.15, -0.1) is 0 Å². The smallest absolute Gasteiger partial charge is 0.390 e. The zero-order chi connectivity index (χ0) is 63.1. The van der Waals surface area contributed by atoms with E-state index in [1.165, 1.54) is 86.3 Å². The van der Waals surface area contributed by atoms with Crippen LogP contribution < -0.4 is 37.8 Å². The fraction of sp³-hybridized carbons (Fsp3) is 0.476. The van der Waals surface area contributed by atoms with Crippen LogP contribution in [0.2, 0.25) is 0 Å². The number of aliphatic hydroxyl groups is 6. The van der Waals surface area contributed by atoms with Crippen LogP contribution in [0.5, 0.6) is 0 Å². The molecule has 2 amide bonds. The molecule has 0 radical (unpaired) electrons. The number of phosphoric ester groups is 4. The molecule has 20 N–H and O–H groups in total. The molecule has 474 valence electrons. The van der Waals surface area contributed by atoms with Gasteiger partial charge in [-0.25, -0.2) is 38.2 Å². The molecule has 0 bridgehead atoms. The molecule has 87 heavy (non-hydrogen) atoms. The van der Waals surface area contributed by atoms with Gasteiger partial charge in [0.2, 0.25) is 5.95 Å². The zero-order valence-corrected chi connectivity index (χ0v) is 47.9. The minimum atomic E-state index is -5.32. The Balaban J connectivity index is 0.000000208. The molecule has 0 spiro atoms. The molecule has 0 saturated carbocycles. The van der Waals surface area contributed by atoms with Crippen molar-refractivity contribution in [3.8, 4) is 0 Å². The summed E-state index contributed by atoms with van der Waals surface area (Å²) in [4.78, 5) is 87.0. The monoisotopic (exact) mass is 1310 g/mol. The fourth-order valence-corrected chi connectivity index (χ4v) is 13.3. The van der Waals surface area contributed by atoms with Gasteiger partial charge in [0, 0.05) is 25.0 Å². The quantitative estimate of drug-likeness (QED) is 0.0225. The maximum Gasteiger partial charge on any atom is 0.481 e. The van der Waals surface area contributed by atoms with E-state index in [9.17, 15) is 78.1 Å². The Hall–Kier alpha value is -6.14. The van der Waals surface area contributed by atoms with Crippen molar-refractivity contribution in [3.63, 3.8) is 0 Å². The van der Waals surface area contributed by atoms with Crippen molar-refractivity contribution in [2.45, 2.75) is 98.8 Å². The molecule has 0 aliphatic carbocycles. The number of phosphoric acid groups is 4. The number of nitrogen functional groups attached to an aromatic ring is 3. The Morgan fingerprint density at radius 1 is 0.552 bits per heavy atom. The predicted octanol–water partition coefficient (Wildman–Crippen LogP) is -4.39. The lowest BCUT2D eigenvalue weighted by Gasteiger charge is -2.20. The van der Waals surface area contributed by atoms with Crippen LogP contribution in [0, 0.1) is 0 Å². The number of anilines is 3. The number of carbonyl (C=O) groups excluding carboxylic acids is 2. The summed E-state index contributed by atoms with van der Waals surface area (Å²) in [5, 5.41) is 62.3. The molecule has 41 nitrogen and oxygen atoms in total. The van der Waals surface area contributed by atoms with Crippen LogP contribution in [0.25, 0.3) is 22.3 Å². The summed E-state index contributed by atoms with van der Waals surface area (Å²) in [5.41, 5.74) is 29.0. The maximum absolute atomic E-state index is 12.4. The number of primary amides is 2. The van der Waals surface area contributed by atoms with E-state index in [-0.39, 0.29) is 52.7 Å². The van der Waals surface area contributed by atoms with Crippen molar-refractivity contribution in [2.24, 2.45) is 11.5 Å². The van der Waals surface area contributed by atoms with Gasteiger partial charge in [0.05, 0.1) is 51.3 Å². The van der Waals surface area contributed by atoms with Crippen LogP contribution in [0.4, 0.5) is 17.6 Å². The van der Waals surface area contributed by atoms with Crippen molar-refractivity contribution in [2.75, 3.05) is 43.6 Å². The number of carbonyl (C=O) groups is 2.